The zero-order valence-corrected chi connectivity index (χ0v) is 14.5. The van der Waals surface area contributed by atoms with Gasteiger partial charge in [-0.05, 0) is 35.9 Å². The Morgan fingerprint density at radius 2 is 1.72 bits per heavy atom. The number of aromatic nitrogens is 1. The number of benzene rings is 1. The molecule has 18 heavy (non-hydrogen) atoms. The summed E-state index contributed by atoms with van der Waals surface area (Å²) in [6.45, 7) is 2.18. The molecule has 0 fully saturated rings. The first-order valence-electron chi connectivity index (χ1n) is 5.59. The Morgan fingerprint density at radius 1 is 1.06 bits per heavy atom. The van der Waals surface area contributed by atoms with Crippen molar-refractivity contribution in [2.75, 3.05) is 0 Å². The Bertz CT molecular complexity index is 508. The standard InChI is InChI=1S/C14H12Br3N/c1-9(13-4-2-3-5-18-13)14(17)10-6-11(15)8-12(16)7-10/h2-9,14H,1H3. The zero-order chi connectivity index (χ0) is 13.1. The molecule has 0 aliphatic heterocycles. The van der Waals surface area contributed by atoms with E-state index in [2.05, 4.69) is 77.9 Å². The van der Waals surface area contributed by atoms with Crippen LogP contribution in [0.2, 0.25) is 0 Å². The highest BCUT2D eigenvalue weighted by molar-refractivity contribution is 9.11. The van der Waals surface area contributed by atoms with Crippen molar-refractivity contribution in [1.29, 1.82) is 0 Å². The van der Waals surface area contributed by atoms with Gasteiger partial charge in [0.05, 0.1) is 0 Å². The summed E-state index contributed by atoms with van der Waals surface area (Å²) < 4.78 is 2.15. The van der Waals surface area contributed by atoms with Gasteiger partial charge in [-0.25, -0.2) is 0 Å². The molecule has 0 amide bonds. The lowest BCUT2D eigenvalue weighted by Gasteiger charge is -2.18. The van der Waals surface area contributed by atoms with E-state index in [1.807, 2.05) is 24.4 Å². The van der Waals surface area contributed by atoms with Gasteiger partial charge in [-0.3, -0.25) is 4.98 Å². The fraction of sp³-hybridized carbons (Fsp3) is 0.214. The van der Waals surface area contributed by atoms with Gasteiger partial charge in [-0.2, -0.15) is 0 Å². The van der Waals surface area contributed by atoms with Crippen molar-refractivity contribution >= 4 is 47.8 Å². The third-order valence-electron chi connectivity index (χ3n) is 2.80. The minimum absolute atomic E-state index is 0.237. The minimum atomic E-state index is 0.237. The predicted molar refractivity (Wildman–Crippen MR) is 86.2 cm³/mol. The molecular weight excluding hydrogens is 422 g/mol. The second kappa shape index (κ2) is 6.31. The molecule has 0 N–H and O–H groups in total. The second-order valence-electron chi connectivity index (χ2n) is 4.15. The molecule has 4 heteroatoms. The summed E-state index contributed by atoms with van der Waals surface area (Å²) in [4.78, 5) is 4.65. The summed E-state index contributed by atoms with van der Waals surface area (Å²) in [7, 11) is 0. The number of hydrogen-bond acceptors (Lipinski definition) is 1. The van der Waals surface area contributed by atoms with Crippen molar-refractivity contribution < 1.29 is 0 Å². The summed E-state index contributed by atoms with van der Waals surface area (Å²) >= 11 is 10.8. The first-order valence-corrected chi connectivity index (χ1v) is 8.09. The van der Waals surface area contributed by atoms with Crippen molar-refractivity contribution in [2.24, 2.45) is 0 Å². The summed E-state index contributed by atoms with van der Waals surface area (Å²) in [5.74, 6) is 0.312. The summed E-state index contributed by atoms with van der Waals surface area (Å²) in [5, 5.41) is 0. The van der Waals surface area contributed by atoms with Crippen LogP contribution in [0.3, 0.4) is 0 Å². The molecule has 0 radical (unpaired) electrons. The third-order valence-corrected chi connectivity index (χ3v) is 5.03. The molecule has 0 aliphatic rings. The molecule has 1 aromatic carbocycles. The van der Waals surface area contributed by atoms with E-state index < -0.39 is 0 Å². The SMILES string of the molecule is CC(c1ccccn1)C(Br)c1cc(Br)cc(Br)c1. The van der Waals surface area contributed by atoms with Crippen LogP contribution in [-0.4, -0.2) is 4.98 Å². The lowest BCUT2D eigenvalue weighted by molar-refractivity contribution is 0.724. The molecule has 0 spiro atoms. The van der Waals surface area contributed by atoms with Crippen LogP contribution in [0, 0.1) is 0 Å². The maximum absolute atomic E-state index is 4.42. The first kappa shape index (κ1) is 14.2. The number of pyridine rings is 1. The molecule has 0 saturated carbocycles. The van der Waals surface area contributed by atoms with Crippen LogP contribution in [-0.2, 0) is 0 Å². The maximum Gasteiger partial charge on any atom is 0.0477 e. The Kier molecular flexibility index (Phi) is 4.98. The van der Waals surface area contributed by atoms with Gasteiger partial charge in [0, 0.05) is 31.6 Å². The molecule has 1 aromatic heterocycles. The van der Waals surface area contributed by atoms with E-state index >= 15 is 0 Å². The summed E-state index contributed by atoms with van der Waals surface area (Å²) in [5.41, 5.74) is 2.32. The third kappa shape index (κ3) is 3.43. The Hall–Kier alpha value is -0.190. The monoisotopic (exact) mass is 431 g/mol. The van der Waals surface area contributed by atoms with Gasteiger partial charge in [-0.1, -0.05) is 60.8 Å². The number of alkyl halides is 1. The summed E-state index contributed by atoms with van der Waals surface area (Å²) in [6.07, 6.45) is 1.84. The van der Waals surface area contributed by atoms with Gasteiger partial charge in [0.15, 0.2) is 0 Å². The normalized spacial score (nSPS) is 14.2. The molecule has 0 aliphatic carbocycles. The van der Waals surface area contributed by atoms with Crippen molar-refractivity contribution in [2.45, 2.75) is 17.7 Å². The van der Waals surface area contributed by atoms with E-state index in [1.54, 1.807) is 0 Å². The van der Waals surface area contributed by atoms with Crippen LogP contribution in [0.4, 0.5) is 0 Å². The van der Waals surface area contributed by atoms with Crippen LogP contribution in [0.15, 0.2) is 51.5 Å². The van der Waals surface area contributed by atoms with Gasteiger partial charge in [-0.15, -0.1) is 0 Å². The van der Waals surface area contributed by atoms with Crippen LogP contribution in [0.25, 0.3) is 0 Å². The van der Waals surface area contributed by atoms with Gasteiger partial charge >= 0.3 is 0 Å². The number of nitrogens with zero attached hydrogens (tertiary/aromatic N) is 1. The van der Waals surface area contributed by atoms with Gasteiger partial charge < -0.3 is 0 Å². The quantitative estimate of drug-likeness (QED) is 0.553. The van der Waals surface area contributed by atoms with Crippen LogP contribution >= 0.6 is 47.8 Å². The van der Waals surface area contributed by atoms with E-state index in [0.29, 0.717) is 5.92 Å². The molecule has 94 valence electrons. The van der Waals surface area contributed by atoms with Crippen molar-refractivity contribution in [3.8, 4) is 0 Å². The van der Waals surface area contributed by atoms with Crippen LogP contribution in [0.1, 0.15) is 28.9 Å². The second-order valence-corrected chi connectivity index (χ2v) is 6.97. The molecule has 2 aromatic rings. The highest BCUT2D eigenvalue weighted by Gasteiger charge is 2.19. The van der Waals surface area contributed by atoms with E-state index in [1.165, 1.54) is 5.56 Å². The molecule has 0 saturated heterocycles. The lowest BCUT2D eigenvalue weighted by Crippen LogP contribution is -2.04. The average Bonchev–Trinajstić information content (AvgIpc) is 2.37. The van der Waals surface area contributed by atoms with E-state index in [9.17, 15) is 0 Å². The number of hydrogen-bond donors (Lipinski definition) is 0. The smallest absolute Gasteiger partial charge is 0.0477 e. The Labute approximate surface area is 132 Å². The summed E-state index contributed by atoms with van der Waals surface area (Å²) in [6, 6.07) is 12.3. The van der Waals surface area contributed by atoms with E-state index in [4.69, 9.17) is 0 Å². The first-order chi connectivity index (χ1) is 8.58. The molecular formula is C14H12Br3N. The minimum Gasteiger partial charge on any atom is -0.261 e. The highest BCUT2D eigenvalue weighted by Crippen LogP contribution is 2.38. The van der Waals surface area contributed by atoms with Crippen LogP contribution < -0.4 is 0 Å². The highest BCUT2D eigenvalue weighted by atomic mass is 79.9. The Morgan fingerprint density at radius 3 is 2.28 bits per heavy atom. The molecule has 2 unspecified atom stereocenters. The maximum atomic E-state index is 4.42. The van der Waals surface area contributed by atoms with Gasteiger partial charge in [0.25, 0.3) is 0 Å². The average molecular weight is 434 g/mol. The largest absolute Gasteiger partial charge is 0.261 e. The topological polar surface area (TPSA) is 12.9 Å². The van der Waals surface area contributed by atoms with E-state index in [0.717, 1.165) is 14.6 Å². The number of halogens is 3. The molecule has 1 nitrogen and oxygen atoms in total. The molecule has 2 atom stereocenters. The fourth-order valence-electron chi connectivity index (χ4n) is 1.82. The molecule has 2 rings (SSSR count). The zero-order valence-electron chi connectivity index (χ0n) is 9.78. The Balaban J connectivity index is 2.28. The van der Waals surface area contributed by atoms with Crippen molar-refractivity contribution in [3.05, 3.63) is 62.8 Å². The van der Waals surface area contributed by atoms with Crippen molar-refractivity contribution in [3.63, 3.8) is 0 Å². The van der Waals surface area contributed by atoms with E-state index in [-0.39, 0.29) is 4.83 Å². The van der Waals surface area contributed by atoms with Crippen LogP contribution in [0.5, 0.6) is 0 Å². The molecule has 0 bridgehead atoms. The fourth-order valence-corrected chi connectivity index (χ4v) is 3.68. The predicted octanol–water partition coefficient (Wildman–Crippen LogP) is 5.85. The van der Waals surface area contributed by atoms with Gasteiger partial charge in [0.2, 0.25) is 0 Å². The van der Waals surface area contributed by atoms with Gasteiger partial charge in [0.1, 0.15) is 0 Å². The molecule has 1 heterocycles. The number of rotatable bonds is 3. The lowest BCUT2D eigenvalue weighted by atomic mass is 9.97. The van der Waals surface area contributed by atoms with Crippen molar-refractivity contribution in [1.82, 2.24) is 4.98 Å².